The number of unbranched alkanes of at least 4 members (excludes halogenated alkanes) is 15. The van der Waals surface area contributed by atoms with Crippen molar-refractivity contribution in [3.8, 4) is 0 Å². The first kappa shape index (κ1) is 38.1. The van der Waals surface area contributed by atoms with Crippen LogP contribution < -0.4 is 5.32 Å². The first-order valence-corrected chi connectivity index (χ1v) is 18.3. The lowest BCUT2D eigenvalue weighted by atomic mass is 10.0. The minimum atomic E-state index is -4.23. The molecule has 0 heterocycles. The molecule has 0 saturated heterocycles. The van der Waals surface area contributed by atoms with Crippen LogP contribution in [0.2, 0.25) is 0 Å². The van der Waals surface area contributed by atoms with Crippen LogP contribution in [0.4, 0.5) is 4.79 Å². The molecule has 1 aromatic rings. The lowest BCUT2D eigenvalue weighted by Crippen LogP contribution is -2.41. The number of ether oxygens (including phenoxy) is 2. The highest BCUT2D eigenvalue weighted by Gasteiger charge is 2.24. The van der Waals surface area contributed by atoms with Gasteiger partial charge in [-0.15, -0.1) is 0 Å². The highest BCUT2D eigenvalue weighted by Crippen LogP contribution is 2.43. The van der Waals surface area contributed by atoms with E-state index in [0.717, 1.165) is 18.4 Å². The second-order valence-corrected chi connectivity index (χ2v) is 12.8. The zero-order valence-corrected chi connectivity index (χ0v) is 27.7. The van der Waals surface area contributed by atoms with Crippen LogP contribution in [0, 0.1) is 0 Å². The number of alkyl carbamates (subject to hydrolysis) is 1. The number of alkyl halides is 1. The molecule has 0 spiro atoms. The minimum absolute atomic E-state index is 0.0285. The van der Waals surface area contributed by atoms with E-state index in [1.165, 1.54) is 89.9 Å². The van der Waals surface area contributed by atoms with Gasteiger partial charge in [-0.3, -0.25) is 9.05 Å². The smallest absolute Gasteiger partial charge is 0.445 e. The molecular formula is C31H55BrNO7P. The molecule has 41 heavy (non-hydrogen) atoms. The largest absolute Gasteiger partial charge is 0.472 e. The van der Waals surface area contributed by atoms with Crippen LogP contribution >= 0.6 is 23.8 Å². The maximum Gasteiger partial charge on any atom is 0.472 e. The van der Waals surface area contributed by atoms with E-state index in [4.69, 9.17) is 18.5 Å². The molecule has 0 fully saturated rings. The molecule has 238 valence electrons. The first-order chi connectivity index (χ1) is 20.0. The van der Waals surface area contributed by atoms with Gasteiger partial charge in [0.25, 0.3) is 0 Å². The van der Waals surface area contributed by atoms with E-state index in [1.54, 1.807) is 0 Å². The van der Waals surface area contributed by atoms with E-state index in [9.17, 15) is 14.3 Å². The Balaban J connectivity index is 2.14. The highest BCUT2D eigenvalue weighted by atomic mass is 79.9. The summed E-state index contributed by atoms with van der Waals surface area (Å²) in [5, 5.41) is 3.06. The van der Waals surface area contributed by atoms with Crippen molar-refractivity contribution in [3.05, 3.63) is 35.9 Å². The van der Waals surface area contributed by atoms with Crippen LogP contribution in [-0.4, -0.2) is 48.8 Å². The van der Waals surface area contributed by atoms with E-state index in [0.29, 0.717) is 11.9 Å². The van der Waals surface area contributed by atoms with Gasteiger partial charge in [-0.2, -0.15) is 0 Å². The summed E-state index contributed by atoms with van der Waals surface area (Å²) in [4.78, 5) is 22.1. The van der Waals surface area contributed by atoms with E-state index in [1.807, 2.05) is 30.3 Å². The normalized spacial score (nSPS) is 13.5. The molecule has 0 aromatic heterocycles. The van der Waals surface area contributed by atoms with Crippen molar-refractivity contribution in [1.29, 1.82) is 0 Å². The highest BCUT2D eigenvalue weighted by molar-refractivity contribution is 9.09. The van der Waals surface area contributed by atoms with Crippen LogP contribution in [0.1, 0.15) is 115 Å². The summed E-state index contributed by atoms with van der Waals surface area (Å²) in [6.45, 7) is 2.86. The van der Waals surface area contributed by atoms with Crippen molar-refractivity contribution in [2.45, 2.75) is 122 Å². The first-order valence-electron chi connectivity index (χ1n) is 15.7. The second kappa shape index (κ2) is 26.7. The maximum absolute atomic E-state index is 12.3. The topological polar surface area (TPSA) is 103 Å². The van der Waals surface area contributed by atoms with Gasteiger partial charge in [-0.05, 0) is 12.0 Å². The number of phosphoric ester groups is 1. The molecular weight excluding hydrogens is 609 g/mol. The Morgan fingerprint density at radius 2 is 1.34 bits per heavy atom. The third-order valence-electron chi connectivity index (χ3n) is 6.77. The van der Waals surface area contributed by atoms with Crippen molar-refractivity contribution in [1.82, 2.24) is 5.32 Å². The predicted octanol–water partition coefficient (Wildman–Crippen LogP) is 9.09. The van der Waals surface area contributed by atoms with Crippen molar-refractivity contribution >= 4 is 29.8 Å². The van der Waals surface area contributed by atoms with Gasteiger partial charge in [0.1, 0.15) is 6.61 Å². The molecule has 1 unspecified atom stereocenters. The Bertz CT molecular complexity index is 787. The molecule has 0 aliphatic carbocycles. The summed E-state index contributed by atoms with van der Waals surface area (Å²) >= 11 is 3.14. The Hall–Kier alpha value is -0.960. The van der Waals surface area contributed by atoms with Gasteiger partial charge in [0.2, 0.25) is 0 Å². The number of phosphoric acid groups is 1. The lowest BCUT2D eigenvalue weighted by Gasteiger charge is -2.20. The number of amides is 1. The number of hydrogen-bond acceptors (Lipinski definition) is 6. The summed E-state index contributed by atoms with van der Waals surface area (Å²) in [7, 11) is -4.23. The molecule has 1 amide bonds. The average molecular weight is 665 g/mol. The van der Waals surface area contributed by atoms with Crippen LogP contribution in [0.15, 0.2) is 30.3 Å². The fraction of sp³-hybridized carbons (Fsp3) is 0.774. The zero-order chi connectivity index (χ0) is 29.9. The van der Waals surface area contributed by atoms with Gasteiger partial charge in [-0.1, -0.05) is 149 Å². The fourth-order valence-corrected chi connectivity index (χ4v) is 5.59. The van der Waals surface area contributed by atoms with Crippen molar-refractivity contribution in [2.75, 3.05) is 31.8 Å². The standard InChI is InChI=1S/C31H55BrNO7P/c1-2-3-4-5-6-7-8-9-10-11-12-13-14-15-16-20-24-37-27-30(28-40-41(35,36)39-25-23-32)33-31(34)38-26-29-21-18-17-19-22-29/h17-19,21-22,30H,2-16,20,23-28H2,1H3,(H,33,34)(H,35,36)/t30-/m1/s1. The van der Waals surface area contributed by atoms with E-state index in [2.05, 4.69) is 28.2 Å². The number of hydrogen-bond donors (Lipinski definition) is 2. The Morgan fingerprint density at radius 1 is 0.805 bits per heavy atom. The number of nitrogens with one attached hydrogen (secondary N) is 1. The minimum Gasteiger partial charge on any atom is -0.445 e. The quantitative estimate of drug-likeness (QED) is 0.0523. The molecule has 10 heteroatoms. The Morgan fingerprint density at radius 3 is 1.88 bits per heavy atom. The molecule has 2 atom stereocenters. The average Bonchev–Trinajstić information content (AvgIpc) is 2.97. The second-order valence-electron chi connectivity index (χ2n) is 10.6. The molecule has 8 nitrogen and oxygen atoms in total. The molecule has 0 aliphatic heterocycles. The molecule has 0 radical (unpaired) electrons. The number of halogens is 1. The number of benzene rings is 1. The monoisotopic (exact) mass is 663 g/mol. The number of carbonyl (C=O) groups is 1. The summed E-state index contributed by atoms with van der Waals surface area (Å²) in [6, 6.07) is 8.68. The van der Waals surface area contributed by atoms with Crippen LogP contribution in [0.3, 0.4) is 0 Å². The van der Waals surface area contributed by atoms with Gasteiger partial charge in [0.15, 0.2) is 0 Å². The van der Waals surface area contributed by atoms with E-state index >= 15 is 0 Å². The van der Waals surface area contributed by atoms with Crippen molar-refractivity contribution in [3.63, 3.8) is 0 Å². The molecule has 1 aromatic carbocycles. The van der Waals surface area contributed by atoms with Crippen LogP contribution in [-0.2, 0) is 29.7 Å². The third-order valence-corrected chi connectivity index (χ3v) is 8.07. The van der Waals surface area contributed by atoms with E-state index in [-0.39, 0.29) is 26.4 Å². The summed E-state index contributed by atoms with van der Waals surface area (Å²) in [5.41, 5.74) is 0.859. The summed E-state index contributed by atoms with van der Waals surface area (Å²) in [6.07, 6.45) is 20.3. The maximum atomic E-state index is 12.3. The van der Waals surface area contributed by atoms with Crippen LogP contribution in [0.25, 0.3) is 0 Å². The molecule has 0 saturated carbocycles. The van der Waals surface area contributed by atoms with E-state index < -0.39 is 20.0 Å². The fourth-order valence-electron chi connectivity index (χ4n) is 4.41. The molecule has 0 aliphatic rings. The van der Waals surface area contributed by atoms with Gasteiger partial charge < -0.3 is 19.7 Å². The summed E-state index contributed by atoms with van der Waals surface area (Å²) in [5.74, 6) is 0. The molecule has 1 rings (SSSR count). The third kappa shape index (κ3) is 24.2. The van der Waals surface area contributed by atoms with Gasteiger partial charge in [0, 0.05) is 11.9 Å². The van der Waals surface area contributed by atoms with Gasteiger partial charge >= 0.3 is 13.9 Å². The summed E-state index contributed by atoms with van der Waals surface area (Å²) < 4.78 is 32.9. The van der Waals surface area contributed by atoms with Crippen molar-refractivity contribution in [2.24, 2.45) is 0 Å². The zero-order valence-electron chi connectivity index (χ0n) is 25.2. The Kier molecular flexibility index (Phi) is 24.7. The number of carbonyl (C=O) groups excluding carboxylic acids is 1. The Labute approximate surface area is 257 Å². The van der Waals surface area contributed by atoms with Crippen molar-refractivity contribution < 1.29 is 32.8 Å². The molecule has 2 N–H and O–H groups in total. The lowest BCUT2D eigenvalue weighted by molar-refractivity contribution is 0.0702. The number of rotatable bonds is 28. The van der Waals surface area contributed by atoms with Gasteiger partial charge in [-0.25, -0.2) is 9.36 Å². The van der Waals surface area contributed by atoms with Gasteiger partial charge in [0.05, 0.1) is 25.9 Å². The van der Waals surface area contributed by atoms with Crippen LogP contribution in [0.5, 0.6) is 0 Å². The predicted molar refractivity (Wildman–Crippen MR) is 169 cm³/mol. The SMILES string of the molecule is CCCCCCCCCCCCCCCCCCOC[C@H](COP(=O)(O)OCCBr)NC(=O)OCc1ccccc1. The molecule has 0 bridgehead atoms.